The van der Waals surface area contributed by atoms with Crippen molar-refractivity contribution < 1.29 is 5.11 Å². The molecule has 0 fully saturated rings. The summed E-state index contributed by atoms with van der Waals surface area (Å²) >= 11 is 0. The molecule has 0 unspecified atom stereocenters. The van der Waals surface area contributed by atoms with Gasteiger partial charge in [0.2, 0.25) is 11.6 Å². The van der Waals surface area contributed by atoms with Crippen LogP contribution in [0.5, 0.6) is 5.88 Å². The summed E-state index contributed by atoms with van der Waals surface area (Å²) in [6.07, 6.45) is 0. The number of hydrogen-bond donors (Lipinski definition) is 2. The van der Waals surface area contributed by atoms with Crippen molar-refractivity contribution in [2.24, 2.45) is 5.18 Å². The van der Waals surface area contributed by atoms with Gasteiger partial charge in [0, 0.05) is 0 Å². The maximum atomic E-state index is 11.6. The molecular weight excluding hydrogens is 238 g/mol. The first-order valence-corrected chi connectivity index (χ1v) is 5.03. The number of nitrogens with zero attached hydrogens (tertiary/aromatic N) is 2. The summed E-state index contributed by atoms with van der Waals surface area (Å²) in [6, 6.07) is 6.65. The first-order valence-electron chi connectivity index (χ1n) is 5.03. The molecule has 18 heavy (non-hydrogen) atoms. The number of nitrogens with one attached hydrogen (secondary N) is 1. The molecule has 0 aliphatic rings. The molecule has 0 spiro atoms. The number of aromatic hydroxyl groups is 1. The van der Waals surface area contributed by atoms with Gasteiger partial charge >= 0.3 is 5.69 Å². The van der Waals surface area contributed by atoms with Crippen molar-refractivity contribution in [2.45, 2.75) is 6.92 Å². The average Bonchev–Trinajstić information content (AvgIpc) is 2.28. The van der Waals surface area contributed by atoms with E-state index >= 15 is 0 Å². The van der Waals surface area contributed by atoms with Crippen LogP contribution in [0.2, 0.25) is 0 Å². The summed E-state index contributed by atoms with van der Waals surface area (Å²) < 4.78 is 0.811. The lowest BCUT2D eigenvalue weighted by Gasteiger charge is -2.08. The Morgan fingerprint density at radius 3 is 2.67 bits per heavy atom. The predicted molar refractivity (Wildman–Crippen MR) is 64.5 cm³/mol. The van der Waals surface area contributed by atoms with E-state index in [2.05, 4.69) is 5.18 Å². The molecule has 2 N–H and O–H groups in total. The standard InChI is InChI=1S/C11H9N3O4/c1-6-3-2-4-7(5-6)14-10(16)8(13-18)9(15)12-11(14)17/h2-5,16H,1H3,(H,12,15,17). The molecular formula is C11H9N3O4. The van der Waals surface area contributed by atoms with Gasteiger partial charge in [-0.2, -0.15) is 0 Å². The van der Waals surface area contributed by atoms with Crippen LogP contribution in [0.4, 0.5) is 5.69 Å². The fourth-order valence-electron chi connectivity index (χ4n) is 1.60. The lowest BCUT2D eigenvalue weighted by atomic mass is 10.2. The summed E-state index contributed by atoms with van der Waals surface area (Å²) in [6.45, 7) is 1.80. The zero-order chi connectivity index (χ0) is 13.3. The first kappa shape index (κ1) is 11.8. The number of hydrogen-bond acceptors (Lipinski definition) is 5. The van der Waals surface area contributed by atoms with Crippen LogP contribution in [-0.4, -0.2) is 14.7 Å². The second-order valence-corrected chi connectivity index (χ2v) is 3.70. The Kier molecular flexibility index (Phi) is 2.80. The maximum absolute atomic E-state index is 11.6. The van der Waals surface area contributed by atoms with Crippen LogP contribution < -0.4 is 11.2 Å². The summed E-state index contributed by atoms with van der Waals surface area (Å²) in [4.78, 5) is 35.2. The van der Waals surface area contributed by atoms with E-state index in [-0.39, 0.29) is 0 Å². The highest BCUT2D eigenvalue weighted by Crippen LogP contribution is 2.22. The van der Waals surface area contributed by atoms with E-state index in [0.717, 1.165) is 10.1 Å². The zero-order valence-corrected chi connectivity index (χ0v) is 9.38. The maximum Gasteiger partial charge on any atom is 0.335 e. The highest BCUT2D eigenvalue weighted by atomic mass is 16.3. The van der Waals surface area contributed by atoms with Crippen LogP contribution in [0, 0.1) is 11.8 Å². The van der Waals surface area contributed by atoms with Crippen LogP contribution in [0.25, 0.3) is 5.69 Å². The fraction of sp³-hybridized carbons (Fsp3) is 0.0909. The normalized spacial score (nSPS) is 10.3. The van der Waals surface area contributed by atoms with Gasteiger partial charge in [-0.1, -0.05) is 12.1 Å². The third-order valence-corrected chi connectivity index (χ3v) is 2.41. The van der Waals surface area contributed by atoms with Gasteiger partial charge < -0.3 is 5.11 Å². The number of nitroso groups, excluding NO2 is 1. The van der Waals surface area contributed by atoms with E-state index in [1.807, 2.05) is 4.98 Å². The lowest BCUT2D eigenvalue weighted by Crippen LogP contribution is -2.28. The number of rotatable bonds is 2. The SMILES string of the molecule is Cc1cccc(-n2c(O)c(N=O)c(=O)[nH]c2=O)c1. The topological polar surface area (TPSA) is 105 Å². The summed E-state index contributed by atoms with van der Waals surface area (Å²) in [7, 11) is 0. The molecule has 0 radical (unpaired) electrons. The molecule has 0 atom stereocenters. The summed E-state index contributed by atoms with van der Waals surface area (Å²) in [5, 5.41) is 12.2. The first-order chi connectivity index (χ1) is 8.54. The molecule has 0 aliphatic heterocycles. The smallest absolute Gasteiger partial charge is 0.335 e. The summed E-state index contributed by atoms with van der Waals surface area (Å²) in [5.41, 5.74) is -1.40. The van der Waals surface area contributed by atoms with Crippen LogP contribution in [0.15, 0.2) is 39.0 Å². The molecule has 0 saturated carbocycles. The van der Waals surface area contributed by atoms with Gasteiger partial charge in [0.15, 0.2) is 0 Å². The number of aryl methyl sites for hydroxylation is 1. The van der Waals surface area contributed by atoms with Crippen LogP contribution >= 0.6 is 0 Å². The molecule has 1 aromatic carbocycles. The Morgan fingerprint density at radius 1 is 1.33 bits per heavy atom. The Balaban J connectivity index is 2.84. The van der Waals surface area contributed by atoms with E-state index in [0.29, 0.717) is 5.69 Å². The Labute approximate surface area is 100 Å². The molecule has 2 rings (SSSR count). The van der Waals surface area contributed by atoms with Crippen LogP contribution in [0.3, 0.4) is 0 Å². The van der Waals surface area contributed by atoms with Crippen molar-refractivity contribution in [3.63, 3.8) is 0 Å². The van der Waals surface area contributed by atoms with Gasteiger partial charge in [-0.3, -0.25) is 9.78 Å². The molecule has 2 aromatic rings. The number of benzene rings is 1. The minimum atomic E-state index is -1.02. The van der Waals surface area contributed by atoms with Gasteiger partial charge in [-0.15, -0.1) is 4.91 Å². The number of H-pyrrole nitrogens is 1. The monoisotopic (exact) mass is 247 g/mol. The number of aromatic amines is 1. The van der Waals surface area contributed by atoms with Gasteiger partial charge in [0.25, 0.3) is 5.56 Å². The fourth-order valence-corrected chi connectivity index (χ4v) is 1.60. The lowest BCUT2D eigenvalue weighted by molar-refractivity contribution is 0.433. The minimum Gasteiger partial charge on any atom is -0.492 e. The Bertz CT molecular complexity index is 730. The molecule has 7 heteroatoms. The van der Waals surface area contributed by atoms with Gasteiger partial charge in [-0.05, 0) is 29.8 Å². The second kappa shape index (κ2) is 4.28. The molecule has 1 aromatic heterocycles. The van der Waals surface area contributed by atoms with Crippen molar-refractivity contribution in [1.29, 1.82) is 0 Å². The van der Waals surface area contributed by atoms with Gasteiger partial charge in [0.1, 0.15) is 0 Å². The third-order valence-electron chi connectivity index (χ3n) is 2.41. The van der Waals surface area contributed by atoms with Crippen molar-refractivity contribution >= 4 is 5.69 Å². The minimum absolute atomic E-state index is 0.332. The van der Waals surface area contributed by atoms with E-state index in [1.54, 1.807) is 31.2 Å². The molecule has 92 valence electrons. The molecule has 0 saturated heterocycles. The number of aromatic nitrogens is 2. The van der Waals surface area contributed by atoms with Gasteiger partial charge in [0.05, 0.1) is 5.69 Å². The van der Waals surface area contributed by atoms with Crippen molar-refractivity contribution in [3.8, 4) is 11.6 Å². The zero-order valence-electron chi connectivity index (χ0n) is 9.38. The van der Waals surface area contributed by atoms with Crippen molar-refractivity contribution in [2.75, 3.05) is 0 Å². The van der Waals surface area contributed by atoms with Gasteiger partial charge in [-0.25, -0.2) is 9.36 Å². The van der Waals surface area contributed by atoms with Crippen LogP contribution in [-0.2, 0) is 0 Å². The summed E-state index contributed by atoms with van der Waals surface area (Å²) in [5.74, 6) is -0.774. The highest BCUT2D eigenvalue weighted by molar-refractivity contribution is 5.49. The van der Waals surface area contributed by atoms with Crippen molar-refractivity contribution in [1.82, 2.24) is 9.55 Å². The highest BCUT2D eigenvalue weighted by Gasteiger charge is 2.15. The second-order valence-electron chi connectivity index (χ2n) is 3.70. The molecule has 0 bridgehead atoms. The average molecular weight is 247 g/mol. The third kappa shape index (κ3) is 1.81. The van der Waals surface area contributed by atoms with Crippen LogP contribution in [0.1, 0.15) is 5.56 Å². The largest absolute Gasteiger partial charge is 0.492 e. The molecule has 0 aliphatic carbocycles. The predicted octanol–water partition coefficient (Wildman–Crippen LogP) is 0.938. The molecule has 1 heterocycles. The van der Waals surface area contributed by atoms with E-state index in [4.69, 9.17) is 0 Å². The van der Waals surface area contributed by atoms with E-state index in [9.17, 15) is 19.6 Å². The molecule has 0 amide bonds. The Morgan fingerprint density at radius 2 is 2.06 bits per heavy atom. The molecule has 7 nitrogen and oxygen atoms in total. The van der Waals surface area contributed by atoms with E-state index in [1.165, 1.54) is 0 Å². The quantitative estimate of drug-likeness (QED) is 0.770. The Hall–Kier alpha value is -2.70. The van der Waals surface area contributed by atoms with E-state index < -0.39 is 22.8 Å². The van der Waals surface area contributed by atoms with Crippen molar-refractivity contribution in [3.05, 3.63) is 55.6 Å².